The van der Waals surface area contributed by atoms with Gasteiger partial charge in [0, 0.05) is 16.8 Å². The summed E-state index contributed by atoms with van der Waals surface area (Å²) in [5.74, 6) is 1.32. The summed E-state index contributed by atoms with van der Waals surface area (Å²) in [6.07, 6.45) is 6.80. The molecule has 1 aromatic carbocycles. The molecule has 3 heteroatoms. The van der Waals surface area contributed by atoms with Crippen molar-refractivity contribution in [2.45, 2.75) is 38.5 Å². The van der Waals surface area contributed by atoms with Crippen molar-refractivity contribution >= 4 is 28.4 Å². The maximum Gasteiger partial charge on any atom is 0.198 e. The van der Waals surface area contributed by atoms with Crippen LogP contribution in [0.4, 0.5) is 0 Å². The van der Waals surface area contributed by atoms with Crippen molar-refractivity contribution in [2.24, 2.45) is 5.92 Å². The fourth-order valence-corrected chi connectivity index (χ4v) is 3.09. The molecule has 1 aliphatic carbocycles. The number of hydrogen-bond acceptors (Lipinski definition) is 2. The van der Waals surface area contributed by atoms with Crippen LogP contribution in [0.2, 0.25) is 5.02 Å². The molecule has 0 unspecified atom stereocenters. The minimum absolute atomic E-state index is 0.110. The first-order valence-electron chi connectivity index (χ1n) is 6.95. The zero-order valence-corrected chi connectivity index (χ0v) is 11.6. The summed E-state index contributed by atoms with van der Waals surface area (Å²) < 4.78 is 5.59. The van der Waals surface area contributed by atoms with E-state index in [9.17, 15) is 4.79 Å². The molecule has 1 aliphatic rings. The molecular weight excluding hydrogens is 260 g/mol. The normalized spacial score (nSPS) is 16.3. The van der Waals surface area contributed by atoms with E-state index in [0.717, 1.165) is 23.3 Å². The van der Waals surface area contributed by atoms with Crippen LogP contribution in [0.5, 0.6) is 0 Å². The van der Waals surface area contributed by atoms with Crippen LogP contribution in [0, 0.1) is 5.92 Å². The van der Waals surface area contributed by atoms with Gasteiger partial charge in [-0.2, -0.15) is 0 Å². The first-order valence-corrected chi connectivity index (χ1v) is 7.32. The van der Waals surface area contributed by atoms with E-state index in [1.807, 2.05) is 12.1 Å². The molecule has 0 spiro atoms. The van der Waals surface area contributed by atoms with Crippen molar-refractivity contribution in [2.75, 3.05) is 0 Å². The summed E-state index contributed by atoms with van der Waals surface area (Å²) in [6.45, 7) is 0. The molecule has 0 atom stereocenters. The second-order valence-corrected chi connectivity index (χ2v) is 5.84. The minimum Gasteiger partial charge on any atom is -0.453 e. The Morgan fingerprint density at radius 2 is 2.05 bits per heavy atom. The van der Waals surface area contributed by atoms with Crippen molar-refractivity contribution in [3.05, 3.63) is 35.0 Å². The van der Waals surface area contributed by atoms with Crippen LogP contribution in [-0.2, 0) is 0 Å². The standard InChI is InChI=1S/C16H17ClO2/c17-13-6-8-15-12(9-13)10-16(19-15)14(18)7-5-11-3-1-2-4-11/h6,8-11H,1-5,7H2. The molecule has 100 valence electrons. The fourth-order valence-electron chi connectivity index (χ4n) is 2.91. The highest BCUT2D eigenvalue weighted by Gasteiger charge is 2.18. The Kier molecular flexibility index (Phi) is 3.61. The lowest BCUT2D eigenvalue weighted by molar-refractivity contribution is 0.0949. The Bertz CT molecular complexity index is 594. The van der Waals surface area contributed by atoms with Crippen molar-refractivity contribution in [1.29, 1.82) is 0 Å². The van der Waals surface area contributed by atoms with Crippen LogP contribution >= 0.6 is 11.6 Å². The molecule has 1 aromatic heterocycles. The number of fused-ring (bicyclic) bond motifs is 1. The first-order chi connectivity index (χ1) is 9.22. The minimum atomic E-state index is 0.110. The lowest BCUT2D eigenvalue weighted by atomic mass is 9.99. The predicted molar refractivity (Wildman–Crippen MR) is 76.7 cm³/mol. The second-order valence-electron chi connectivity index (χ2n) is 5.41. The summed E-state index contributed by atoms with van der Waals surface area (Å²) >= 11 is 5.93. The van der Waals surface area contributed by atoms with Gasteiger partial charge in [-0.15, -0.1) is 0 Å². The molecule has 1 fully saturated rings. The van der Waals surface area contributed by atoms with Gasteiger partial charge in [0.05, 0.1) is 0 Å². The van der Waals surface area contributed by atoms with Crippen molar-refractivity contribution in [3.8, 4) is 0 Å². The van der Waals surface area contributed by atoms with Gasteiger partial charge in [0.15, 0.2) is 11.5 Å². The molecule has 0 bridgehead atoms. The summed E-state index contributed by atoms with van der Waals surface area (Å²) in [5, 5.41) is 1.56. The van der Waals surface area contributed by atoms with E-state index in [4.69, 9.17) is 16.0 Å². The monoisotopic (exact) mass is 276 g/mol. The highest BCUT2D eigenvalue weighted by molar-refractivity contribution is 6.31. The van der Waals surface area contributed by atoms with Gasteiger partial charge in [-0.05, 0) is 36.6 Å². The largest absolute Gasteiger partial charge is 0.453 e. The van der Waals surface area contributed by atoms with Crippen LogP contribution in [0.15, 0.2) is 28.7 Å². The number of carbonyl (C=O) groups is 1. The zero-order chi connectivity index (χ0) is 13.2. The third-order valence-electron chi connectivity index (χ3n) is 4.01. The number of Topliss-reactive ketones (excluding diaryl/α,β-unsaturated/α-hetero) is 1. The van der Waals surface area contributed by atoms with E-state index < -0.39 is 0 Å². The Balaban J connectivity index is 1.70. The van der Waals surface area contributed by atoms with E-state index in [2.05, 4.69) is 0 Å². The molecule has 0 radical (unpaired) electrons. The predicted octanol–water partition coefficient (Wildman–Crippen LogP) is 5.24. The van der Waals surface area contributed by atoms with E-state index in [1.165, 1.54) is 25.7 Å². The SMILES string of the molecule is O=C(CCC1CCCC1)c1cc2cc(Cl)ccc2o1. The molecule has 2 nitrogen and oxygen atoms in total. The first kappa shape index (κ1) is 12.7. The van der Waals surface area contributed by atoms with Crippen molar-refractivity contribution < 1.29 is 9.21 Å². The van der Waals surface area contributed by atoms with Gasteiger partial charge >= 0.3 is 0 Å². The average Bonchev–Trinajstić information content (AvgIpc) is 3.04. The number of rotatable bonds is 4. The number of hydrogen-bond donors (Lipinski definition) is 0. The third-order valence-corrected chi connectivity index (χ3v) is 4.24. The number of halogens is 1. The van der Waals surface area contributed by atoms with Crippen molar-refractivity contribution in [1.82, 2.24) is 0 Å². The number of ketones is 1. The Labute approximate surface area is 117 Å². The molecule has 1 heterocycles. The molecule has 3 rings (SSSR count). The zero-order valence-electron chi connectivity index (χ0n) is 10.8. The van der Waals surface area contributed by atoms with Gasteiger partial charge in [0.2, 0.25) is 0 Å². The summed E-state index contributed by atoms with van der Waals surface area (Å²) in [5.41, 5.74) is 0.730. The van der Waals surface area contributed by atoms with Crippen molar-refractivity contribution in [3.63, 3.8) is 0 Å². The molecule has 0 amide bonds. The number of furan rings is 1. The molecule has 2 aromatic rings. The fraction of sp³-hybridized carbons (Fsp3) is 0.438. The van der Waals surface area contributed by atoms with Crippen LogP contribution < -0.4 is 0 Å². The van der Waals surface area contributed by atoms with Gasteiger partial charge in [0.1, 0.15) is 5.58 Å². The summed E-state index contributed by atoms with van der Waals surface area (Å²) in [7, 11) is 0. The van der Waals surface area contributed by atoms with Gasteiger partial charge in [-0.1, -0.05) is 37.3 Å². The molecule has 1 saturated carbocycles. The third kappa shape index (κ3) is 2.84. The molecule has 0 N–H and O–H groups in total. The smallest absolute Gasteiger partial charge is 0.198 e. The van der Waals surface area contributed by atoms with E-state index in [-0.39, 0.29) is 5.78 Å². The summed E-state index contributed by atoms with van der Waals surface area (Å²) in [6, 6.07) is 7.22. The van der Waals surface area contributed by atoms with Crippen LogP contribution in [0.1, 0.15) is 49.1 Å². The highest BCUT2D eigenvalue weighted by Crippen LogP contribution is 2.30. The quantitative estimate of drug-likeness (QED) is 0.715. The van der Waals surface area contributed by atoms with Crippen LogP contribution in [-0.4, -0.2) is 5.78 Å². The van der Waals surface area contributed by atoms with Crippen LogP contribution in [0.3, 0.4) is 0 Å². The van der Waals surface area contributed by atoms with Crippen LogP contribution in [0.25, 0.3) is 11.0 Å². The highest BCUT2D eigenvalue weighted by atomic mass is 35.5. The second kappa shape index (κ2) is 5.38. The maximum absolute atomic E-state index is 12.1. The average molecular weight is 277 g/mol. The van der Waals surface area contributed by atoms with E-state index >= 15 is 0 Å². The van der Waals surface area contributed by atoms with Gasteiger partial charge < -0.3 is 4.42 Å². The van der Waals surface area contributed by atoms with E-state index in [1.54, 1.807) is 12.1 Å². The molecular formula is C16H17ClO2. The molecule has 0 aliphatic heterocycles. The molecule has 0 saturated heterocycles. The topological polar surface area (TPSA) is 30.2 Å². The Hall–Kier alpha value is -1.28. The number of benzene rings is 1. The Morgan fingerprint density at radius 3 is 2.84 bits per heavy atom. The van der Waals surface area contributed by atoms with Gasteiger partial charge in [-0.3, -0.25) is 4.79 Å². The van der Waals surface area contributed by atoms with Gasteiger partial charge in [-0.25, -0.2) is 0 Å². The Morgan fingerprint density at radius 1 is 1.26 bits per heavy atom. The number of carbonyl (C=O) groups excluding carboxylic acids is 1. The lowest BCUT2D eigenvalue weighted by Crippen LogP contribution is -2.01. The maximum atomic E-state index is 12.1. The van der Waals surface area contributed by atoms with E-state index in [0.29, 0.717) is 17.2 Å². The molecule has 19 heavy (non-hydrogen) atoms. The lowest BCUT2D eigenvalue weighted by Gasteiger charge is -2.06. The van der Waals surface area contributed by atoms with Gasteiger partial charge in [0.25, 0.3) is 0 Å². The summed E-state index contributed by atoms with van der Waals surface area (Å²) in [4.78, 5) is 12.1.